The number of carbonyl (C=O) groups excluding carboxylic acids is 2. The Balaban J connectivity index is 1.58. The van der Waals surface area contributed by atoms with E-state index in [1.165, 1.54) is 5.56 Å². The van der Waals surface area contributed by atoms with Crippen LogP contribution in [0.25, 0.3) is 0 Å². The summed E-state index contributed by atoms with van der Waals surface area (Å²) in [6.07, 6.45) is 4.78. The third kappa shape index (κ3) is 2.78. The van der Waals surface area contributed by atoms with Crippen LogP contribution in [0.1, 0.15) is 34.3 Å². The molecule has 25 heavy (non-hydrogen) atoms. The molecule has 6 heteroatoms. The number of hydrogen-bond donors (Lipinski definition) is 2. The molecule has 1 spiro atoms. The fourth-order valence-corrected chi connectivity index (χ4v) is 4.03. The van der Waals surface area contributed by atoms with Crippen LogP contribution < -0.4 is 10.4 Å². The molecule has 2 N–H and O–H groups in total. The van der Waals surface area contributed by atoms with Gasteiger partial charge in [-0.2, -0.15) is 0 Å². The van der Waals surface area contributed by atoms with Gasteiger partial charge in [-0.3, -0.25) is 19.7 Å². The molecule has 0 bridgehead atoms. The topological polar surface area (TPSA) is 82.5 Å². The Labute approximate surface area is 145 Å². The van der Waals surface area contributed by atoms with Gasteiger partial charge in [0.05, 0.1) is 0 Å². The molecule has 0 radical (unpaired) electrons. The number of nitrogens with one attached hydrogen (secondary N) is 1. The number of fused-ring (bicyclic) bond motifs is 1. The number of hydrogen-bond acceptors (Lipinski definition) is 4. The van der Waals surface area contributed by atoms with E-state index in [1.54, 1.807) is 22.6 Å². The predicted molar refractivity (Wildman–Crippen MR) is 91.4 cm³/mol. The van der Waals surface area contributed by atoms with E-state index in [4.69, 9.17) is 5.21 Å². The minimum absolute atomic E-state index is 0.0671. The maximum Gasteiger partial charge on any atom is 0.274 e. The van der Waals surface area contributed by atoms with E-state index in [0.717, 1.165) is 24.8 Å². The molecule has 1 saturated heterocycles. The van der Waals surface area contributed by atoms with Crippen molar-refractivity contribution in [2.75, 3.05) is 11.4 Å². The molecule has 0 unspecified atom stereocenters. The summed E-state index contributed by atoms with van der Waals surface area (Å²) in [4.78, 5) is 30.2. The number of anilines is 1. The van der Waals surface area contributed by atoms with E-state index in [1.807, 2.05) is 30.3 Å². The van der Waals surface area contributed by atoms with Gasteiger partial charge in [0.2, 0.25) is 5.91 Å². The summed E-state index contributed by atoms with van der Waals surface area (Å²) in [6, 6.07) is 11.1. The Morgan fingerprint density at radius 3 is 2.84 bits per heavy atom. The monoisotopic (exact) mass is 337 g/mol. The molecule has 1 aliphatic heterocycles. The molecule has 1 aromatic carbocycles. The molecular formula is C19H19N3O3. The molecular weight excluding hydrogens is 318 g/mol. The second kappa shape index (κ2) is 5.97. The molecule has 2 aliphatic rings. The quantitative estimate of drug-likeness (QED) is 0.649. The largest absolute Gasteiger partial charge is 0.296 e. The summed E-state index contributed by atoms with van der Waals surface area (Å²) < 4.78 is 0. The van der Waals surface area contributed by atoms with Gasteiger partial charge in [-0.1, -0.05) is 12.1 Å². The van der Waals surface area contributed by atoms with Crippen molar-refractivity contribution in [2.45, 2.75) is 25.7 Å². The highest BCUT2D eigenvalue weighted by molar-refractivity contribution is 5.96. The molecule has 2 heterocycles. The second-order valence-corrected chi connectivity index (χ2v) is 6.95. The molecule has 0 saturated carbocycles. The predicted octanol–water partition coefficient (Wildman–Crippen LogP) is 2.11. The zero-order valence-electron chi connectivity index (χ0n) is 13.7. The smallest absolute Gasteiger partial charge is 0.274 e. The van der Waals surface area contributed by atoms with Crippen molar-refractivity contribution < 1.29 is 14.8 Å². The van der Waals surface area contributed by atoms with Crippen LogP contribution in [0, 0.1) is 5.41 Å². The lowest BCUT2D eigenvalue weighted by Gasteiger charge is -2.34. The minimum Gasteiger partial charge on any atom is -0.296 e. The van der Waals surface area contributed by atoms with Crippen molar-refractivity contribution in [1.29, 1.82) is 0 Å². The van der Waals surface area contributed by atoms with Crippen molar-refractivity contribution in [3.63, 3.8) is 0 Å². The van der Waals surface area contributed by atoms with Crippen LogP contribution in [0.5, 0.6) is 0 Å². The summed E-state index contributed by atoms with van der Waals surface area (Å²) >= 11 is 0. The Bertz CT molecular complexity index is 837. The Hall–Kier alpha value is -2.73. The summed E-state index contributed by atoms with van der Waals surface area (Å²) in [5.74, 6) is 0.337. The number of aromatic nitrogens is 1. The number of carbonyl (C=O) groups is 2. The molecule has 128 valence electrons. The number of pyridine rings is 1. The van der Waals surface area contributed by atoms with Gasteiger partial charge in [-0.15, -0.1) is 0 Å². The first-order valence-corrected chi connectivity index (χ1v) is 8.38. The first kappa shape index (κ1) is 15.8. The second-order valence-electron chi connectivity index (χ2n) is 6.95. The zero-order chi connectivity index (χ0) is 17.4. The molecule has 4 rings (SSSR count). The highest BCUT2D eigenvalue weighted by Gasteiger charge is 2.45. The molecule has 1 fully saturated rings. The lowest BCUT2D eigenvalue weighted by atomic mass is 9.71. The fourth-order valence-electron chi connectivity index (χ4n) is 4.03. The van der Waals surface area contributed by atoms with Crippen molar-refractivity contribution in [2.24, 2.45) is 5.41 Å². The molecule has 1 aromatic heterocycles. The van der Waals surface area contributed by atoms with Crippen molar-refractivity contribution >= 4 is 17.6 Å². The third-order valence-electron chi connectivity index (χ3n) is 5.31. The average Bonchev–Trinajstić information content (AvgIpc) is 2.97. The summed E-state index contributed by atoms with van der Waals surface area (Å²) in [7, 11) is 0. The highest BCUT2D eigenvalue weighted by atomic mass is 16.5. The van der Waals surface area contributed by atoms with E-state index >= 15 is 0 Å². The summed E-state index contributed by atoms with van der Waals surface area (Å²) in [5.41, 5.74) is 4.35. The van der Waals surface area contributed by atoms with Gasteiger partial charge in [-0.25, -0.2) is 10.5 Å². The lowest BCUT2D eigenvalue weighted by Crippen LogP contribution is -2.33. The standard InChI is InChI=1S/C19H19N3O3/c23-17-11-19(12-22(17)16-3-1-2-8-20-16)7-6-13-9-14(18(24)21-25)4-5-15(13)10-19/h1-5,8-9,25H,6-7,10-12H2,(H,21,24)/t19-/m1/s1. The van der Waals surface area contributed by atoms with E-state index in [0.29, 0.717) is 24.3 Å². The number of amides is 2. The van der Waals surface area contributed by atoms with Gasteiger partial charge >= 0.3 is 0 Å². The number of rotatable bonds is 2. The van der Waals surface area contributed by atoms with Gasteiger partial charge in [-0.05, 0) is 54.7 Å². The maximum atomic E-state index is 12.5. The van der Waals surface area contributed by atoms with Gasteiger partial charge in [0.25, 0.3) is 5.91 Å². The maximum absolute atomic E-state index is 12.5. The number of aryl methyl sites for hydroxylation is 1. The Kier molecular flexibility index (Phi) is 3.77. The van der Waals surface area contributed by atoms with Crippen LogP contribution >= 0.6 is 0 Å². The van der Waals surface area contributed by atoms with E-state index in [-0.39, 0.29) is 11.3 Å². The third-order valence-corrected chi connectivity index (χ3v) is 5.31. The average molecular weight is 337 g/mol. The van der Waals surface area contributed by atoms with E-state index in [9.17, 15) is 9.59 Å². The van der Waals surface area contributed by atoms with Crippen LogP contribution in [0.3, 0.4) is 0 Å². The van der Waals surface area contributed by atoms with Crippen LogP contribution in [-0.2, 0) is 17.6 Å². The SMILES string of the molecule is O=C(NO)c1ccc2c(c1)CC[C@]1(CC(=O)N(c3ccccn3)C1)C2. The zero-order valence-corrected chi connectivity index (χ0v) is 13.7. The summed E-state index contributed by atoms with van der Waals surface area (Å²) in [5, 5.41) is 8.78. The van der Waals surface area contributed by atoms with Crippen LogP contribution in [0.4, 0.5) is 5.82 Å². The number of hydroxylamine groups is 1. The normalized spacial score (nSPS) is 22.1. The van der Waals surface area contributed by atoms with E-state index < -0.39 is 5.91 Å². The van der Waals surface area contributed by atoms with Crippen molar-refractivity contribution in [1.82, 2.24) is 10.5 Å². The van der Waals surface area contributed by atoms with Gasteiger partial charge in [0, 0.05) is 30.1 Å². The van der Waals surface area contributed by atoms with Crippen molar-refractivity contribution in [3.05, 3.63) is 59.3 Å². The van der Waals surface area contributed by atoms with Crippen LogP contribution in [0.15, 0.2) is 42.6 Å². The minimum atomic E-state index is -0.500. The summed E-state index contributed by atoms with van der Waals surface area (Å²) in [6.45, 7) is 0.682. The molecule has 2 amide bonds. The van der Waals surface area contributed by atoms with Crippen LogP contribution in [-0.4, -0.2) is 28.6 Å². The molecule has 1 aliphatic carbocycles. The number of benzene rings is 1. The first-order valence-electron chi connectivity index (χ1n) is 8.38. The molecule has 2 aromatic rings. The Morgan fingerprint density at radius 1 is 1.20 bits per heavy atom. The van der Waals surface area contributed by atoms with Gasteiger partial charge in [0.15, 0.2) is 0 Å². The lowest BCUT2D eigenvalue weighted by molar-refractivity contribution is -0.117. The fraction of sp³-hybridized carbons (Fsp3) is 0.316. The molecule has 6 nitrogen and oxygen atoms in total. The van der Waals surface area contributed by atoms with E-state index in [2.05, 4.69) is 4.98 Å². The first-order chi connectivity index (χ1) is 12.1. The number of nitrogens with zero attached hydrogens (tertiary/aromatic N) is 2. The Morgan fingerprint density at radius 2 is 2.08 bits per heavy atom. The van der Waals surface area contributed by atoms with Crippen molar-refractivity contribution in [3.8, 4) is 0 Å². The van der Waals surface area contributed by atoms with Gasteiger partial charge in [0.1, 0.15) is 5.82 Å². The molecule has 1 atom stereocenters. The van der Waals surface area contributed by atoms with Crippen LogP contribution in [0.2, 0.25) is 0 Å². The van der Waals surface area contributed by atoms with Gasteiger partial charge < -0.3 is 0 Å². The highest BCUT2D eigenvalue weighted by Crippen LogP contribution is 2.44.